The second-order valence-electron chi connectivity index (χ2n) is 4.76. The first-order valence-corrected chi connectivity index (χ1v) is 6.85. The van der Waals surface area contributed by atoms with Crippen molar-refractivity contribution >= 4 is 28.4 Å². The summed E-state index contributed by atoms with van der Waals surface area (Å²) in [5, 5.41) is 1.40. The van der Waals surface area contributed by atoms with Crippen LogP contribution in [0.1, 0.15) is 21.7 Å². The van der Waals surface area contributed by atoms with Gasteiger partial charge in [0.2, 0.25) is 5.78 Å². The maximum Gasteiger partial charge on any atom is 0.228 e. The van der Waals surface area contributed by atoms with E-state index in [2.05, 4.69) is 0 Å². The molecule has 0 aliphatic carbocycles. The number of carbonyl (C=O) groups excluding carboxylic acids is 1. The number of carbonyl (C=O) groups is 1. The Balaban J connectivity index is 2.12. The van der Waals surface area contributed by atoms with Gasteiger partial charge >= 0.3 is 0 Å². The summed E-state index contributed by atoms with van der Waals surface area (Å²) in [6, 6.07) is 12.3. The Kier molecular flexibility index (Phi) is 3.43. The van der Waals surface area contributed by atoms with Crippen molar-refractivity contribution in [1.82, 2.24) is 0 Å². The summed E-state index contributed by atoms with van der Waals surface area (Å²) < 4.78 is 10.9. The molecule has 4 heteroatoms. The van der Waals surface area contributed by atoms with Gasteiger partial charge in [-0.15, -0.1) is 0 Å². The second-order valence-corrected chi connectivity index (χ2v) is 5.19. The highest BCUT2D eigenvalue weighted by molar-refractivity contribution is 6.31. The summed E-state index contributed by atoms with van der Waals surface area (Å²) in [6.45, 7) is 1.86. The minimum absolute atomic E-state index is 0.176. The molecule has 0 saturated carbocycles. The molecule has 3 nitrogen and oxygen atoms in total. The molecule has 0 saturated heterocycles. The first-order chi connectivity index (χ1) is 10.1. The number of ketones is 1. The van der Waals surface area contributed by atoms with Crippen LogP contribution < -0.4 is 4.74 Å². The van der Waals surface area contributed by atoms with Gasteiger partial charge in [0.15, 0.2) is 5.76 Å². The molecule has 0 atom stereocenters. The van der Waals surface area contributed by atoms with Crippen molar-refractivity contribution in [3.8, 4) is 5.75 Å². The average molecular weight is 301 g/mol. The van der Waals surface area contributed by atoms with Gasteiger partial charge in [-0.25, -0.2) is 0 Å². The van der Waals surface area contributed by atoms with Crippen molar-refractivity contribution in [2.75, 3.05) is 7.11 Å². The van der Waals surface area contributed by atoms with E-state index >= 15 is 0 Å². The third-order valence-electron chi connectivity index (χ3n) is 3.44. The maximum atomic E-state index is 12.6. The van der Waals surface area contributed by atoms with Crippen molar-refractivity contribution in [3.63, 3.8) is 0 Å². The number of ether oxygens (including phenoxy) is 1. The van der Waals surface area contributed by atoms with Gasteiger partial charge in [-0.1, -0.05) is 23.7 Å². The molecule has 1 aromatic heterocycles. The fourth-order valence-corrected chi connectivity index (χ4v) is 2.49. The predicted octanol–water partition coefficient (Wildman–Crippen LogP) is 4.63. The highest BCUT2D eigenvalue weighted by Crippen LogP contribution is 2.30. The molecule has 0 bridgehead atoms. The van der Waals surface area contributed by atoms with E-state index in [1.165, 1.54) is 0 Å². The Labute approximate surface area is 127 Å². The molecule has 3 rings (SSSR count). The van der Waals surface area contributed by atoms with E-state index in [0.29, 0.717) is 21.9 Å². The molecule has 21 heavy (non-hydrogen) atoms. The lowest BCUT2D eigenvalue weighted by Gasteiger charge is -1.99. The molecule has 0 radical (unpaired) electrons. The van der Waals surface area contributed by atoms with Crippen LogP contribution in [0.4, 0.5) is 0 Å². The molecular formula is C17H13ClO3. The van der Waals surface area contributed by atoms with Gasteiger partial charge < -0.3 is 9.15 Å². The highest BCUT2D eigenvalue weighted by Gasteiger charge is 2.19. The molecule has 0 fully saturated rings. The summed E-state index contributed by atoms with van der Waals surface area (Å²) in [6.07, 6.45) is 0. The topological polar surface area (TPSA) is 39.4 Å². The van der Waals surface area contributed by atoms with Crippen LogP contribution in [0.15, 0.2) is 46.9 Å². The summed E-state index contributed by atoms with van der Waals surface area (Å²) in [7, 11) is 1.61. The quantitative estimate of drug-likeness (QED) is 0.662. The number of benzene rings is 2. The molecule has 106 valence electrons. The number of hydrogen-bond donors (Lipinski definition) is 0. The Morgan fingerprint density at radius 3 is 2.71 bits per heavy atom. The van der Waals surface area contributed by atoms with E-state index in [0.717, 1.165) is 16.7 Å². The number of furan rings is 1. The Morgan fingerprint density at radius 2 is 2.00 bits per heavy atom. The van der Waals surface area contributed by atoms with Crippen molar-refractivity contribution in [3.05, 3.63) is 64.4 Å². The van der Waals surface area contributed by atoms with Crippen LogP contribution in [0.2, 0.25) is 5.02 Å². The Hall–Kier alpha value is -2.26. The molecule has 0 N–H and O–H groups in total. The zero-order valence-electron chi connectivity index (χ0n) is 11.6. The molecule has 0 aliphatic heterocycles. The van der Waals surface area contributed by atoms with Gasteiger partial charge in [0, 0.05) is 21.5 Å². The van der Waals surface area contributed by atoms with E-state index in [9.17, 15) is 4.79 Å². The third kappa shape index (κ3) is 2.41. The maximum absolute atomic E-state index is 12.6. The Bertz CT molecular complexity index is 833. The molecular weight excluding hydrogens is 288 g/mol. The van der Waals surface area contributed by atoms with Crippen LogP contribution in [0.3, 0.4) is 0 Å². The van der Waals surface area contributed by atoms with Crippen LogP contribution in [0.25, 0.3) is 11.0 Å². The fraction of sp³-hybridized carbons (Fsp3) is 0.118. The SMILES string of the molecule is COc1ccc2oc(C(=O)c3cccc(Cl)c3)c(C)c2c1. The first-order valence-electron chi connectivity index (χ1n) is 6.47. The van der Waals surface area contributed by atoms with Crippen LogP contribution >= 0.6 is 11.6 Å². The van der Waals surface area contributed by atoms with Crippen LogP contribution in [-0.2, 0) is 0 Å². The minimum atomic E-state index is -0.176. The summed E-state index contributed by atoms with van der Waals surface area (Å²) in [5.74, 6) is 0.888. The lowest BCUT2D eigenvalue weighted by Crippen LogP contribution is -2.01. The number of hydrogen-bond acceptors (Lipinski definition) is 3. The van der Waals surface area contributed by atoms with Gasteiger partial charge in [-0.3, -0.25) is 4.79 Å². The van der Waals surface area contributed by atoms with E-state index in [-0.39, 0.29) is 5.78 Å². The van der Waals surface area contributed by atoms with Gasteiger partial charge in [0.1, 0.15) is 11.3 Å². The van der Waals surface area contributed by atoms with Crippen molar-refractivity contribution in [1.29, 1.82) is 0 Å². The standard InChI is InChI=1S/C17H13ClO3/c1-10-14-9-13(20-2)6-7-15(14)21-17(10)16(19)11-4-3-5-12(18)8-11/h3-9H,1-2H3. The van der Waals surface area contributed by atoms with Crippen molar-refractivity contribution < 1.29 is 13.9 Å². The van der Waals surface area contributed by atoms with E-state index in [4.69, 9.17) is 20.8 Å². The summed E-state index contributed by atoms with van der Waals surface area (Å²) >= 11 is 5.94. The van der Waals surface area contributed by atoms with Gasteiger partial charge in [0.05, 0.1) is 7.11 Å². The van der Waals surface area contributed by atoms with E-state index < -0.39 is 0 Å². The van der Waals surface area contributed by atoms with E-state index in [1.54, 1.807) is 43.5 Å². The largest absolute Gasteiger partial charge is 0.497 e. The fourth-order valence-electron chi connectivity index (χ4n) is 2.30. The molecule has 1 heterocycles. The molecule has 3 aromatic rings. The first kappa shape index (κ1) is 13.7. The zero-order valence-corrected chi connectivity index (χ0v) is 12.4. The van der Waals surface area contributed by atoms with Crippen LogP contribution in [0.5, 0.6) is 5.75 Å². The van der Waals surface area contributed by atoms with Crippen LogP contribution in [-0.4, -0.2) is 12.9 Å². The molecule has 0 spiro atoms. The van der Waals surface area contributed by atoms with Gasteiger partial charge in [-0.05, 0) is 37.3 Å². The Morgan fingerprint density at radius 1 is 1.19 bits per heavy atom. The van der Waals surface area contributed by atoms with Crippen LogP contribution in [0, 0.1) is 6.92 Å². The molecule has 0 unspecified atom stereocenters. The summed E-state index contributed by atoms with van der Waals surface area (Å²) in [5.41, 5.74) is 1.98. The zero-order chi connectivity index (χ0) is 15.0. The predicted molar refractivity (Wildman–Crippen MR) is 82.4 cm³/mol. The monoisotopic (exact) mass is 300 g/mol. The molecule has 2 aromatic carbocycles. The molecule has 0 amide bonds. The number of methoxy groups -OCH3 is 1. The smallest absolute Gasteiger partial charge is 0.228 e. The third-order valence-corrected chi connectivity index (χ3v) is 3.67. The van der Waals surface area contributed by atoms with Crippen molar-refractivity contribution in [2.45, 2.75) is 6.92 Å². The summed E-state index contributed by atoms with van der Waals surface area (Å²) in [4.78, 5) is 12.6. The highest BCUT2D eigenvalue weighted by atomic mass is 35.5. The van der Waals surface area contributed by atoms with Gasteiger partial charge in [0.25, 0.3) is 0 Å². The minimum Gasteiger partial charge on any atom is -0.497 e. The normalized spacial score (nSPS) is 10.8. The number of halogens is 1. The number of aryl methyl sites for hydroxylation is 1. The van der Waals surface area contributed by atoms with Crippen molar-refractivity contribution in [2.24, 2.45) is 0 Å². The molecule has 0 aliphatic rings. The van der Waals surface area contributed by atoms with Gasteiger partial charge in [-0.2, -0.15) is 0 Å². The number of rotatable bonds is 3. The van der Waals surface area contributed by atoms with E-state index in [1.807, 2.05) is 13.0 Å². The second kappa shape index (κ2) is 5.26. The lowest BCUT2D eigenvalue weighted by atomic mass is 10.0. The lowest BCUT2D eigenvalue weighted by molar-refractivity contribution is 0.101. The average Bonchev–Trinajstić information content (AvgIpc) is 2.83. The number of fused-ring (bicyclic) bond motifs is 1.